The van der Waals surface area contributed by atoms with Gasteiger partial charge >= 0.3 is 6.09 Å². The molecule has 2 fully saturated rings. The van der Waals surface area contributed by atoms with Crippen LogP contribution in [0.2, 0.25) is 5.02 Å². The Morgan fingerprint density at radius 3 is 2.52 bits per heavy atom. The quantitative estimate of drug-likeness (QED) is 0.358. The van der Waals surface area contributed by atoms with Crippen LogP contribution in [0.25, 0.3) is 22.3 Å². The number of halogens is 1. The summed E-state index contributed by atoms with van der Waals surface area (Å²) in [5, 5.41) is 22.5. The molecule has 2 aromatic heterocycles. The normalized spacial score (nSPS) is 19.7. The van der Waals surface area contributed by atoms with Crippen molar-refractivity contribution >= 4 is 34.4 Å². The number of piperidine rings is 1. The fourth-order valence-corrected chi connectivity index (χ4v) is 6.06. The highest BCUT2D eigenvalue weighted by molar-refractivity contribution is 6.33. The fourth-order valence-electron chi connectivity index (χ4n) is 5.83. The Balaban J connectivity index is 1.39. The molecule has 0 spiro atoms. The fraction of sp³-hybridized carbons (Fsp3) is 0.323. The number of phenolic OH excluding ortho intramolecular Hbond substituents is 1. The van der Waals surface area contributed by atoms with Crippen LogP contribution >= 0.6 is 11.6 Å². The van der Waals surface area contributed by atoms with E-state index in [4.69, 9.17) is 20.8 Å². The molecule has 2 aliphatic rings. The Kier molecular flexibility index (Phi) is 7.76. The number of ether oxygens (including phenoxy) is 1. The third-order valence-electron chi connectivity index (χ3n) is 8.04. The first-order valence-electron chi connectivity index (χ1n) is 13.9. The summed E-state index contributed by atoms with van der Waals surface area (Å²) in [5.74, 6) is -0.632. The maximum Gasteiger partial charge on any atom is 0.415 e. The van der Waals surface area contributed by atoms with Crippen molar-refractivity contribution in [2.75, 3.05) is 51.2 Å². The van der Waals surface area contributed by atoms with Crippen LogP contribution in [0.1, 0.15) is 17.9 Å². The first kappa shape index (κ1) is 28.0. The summed E-state index contributed by atoms with van der Waals surface area (Å²) in [5.41, 5.74) is 1.49. The molecule has 10 nitrogen and oxygen atoms in total. The number of likely N-dealkylation sites (N-methyl/N-ethyl adjacent to an activating group) is 1. The second-order valence-electron chi connectivity index (χ2n) is 10.7. The summed E-state index contributed by atoms with van der Waals surface area (Å²) >= 11 is 6.42. The molecule has 2 aromatic carbocycles. The van der Waals surface area contributed by atoms with Crippen molar-refractivity contribution in [1.82, 2.24) is 14.8 Å². The highest BCUT2D eigenvalue weighted by atomic mass is 35.5. The largest absolute Gasteiger partial charge is 0.507 e. The molecule has 2 saturated heterocycles. The Bertz CT molecular complexity index is 1670. The number of aliphatic hydroxyl groups excluding tert-OH is 1. The van der Waals surface area contributed by atoms with E-state index in [2.05, 4.69) is 9.88 Å². The number of likely N-dealkylation sites (tertiary alicyclic amines) is 1. The van der Waals surface area contributed by atoms with Gasteiger partial charge in [0.15, 0.2) is 5.43 Å². The lowest BCUT2D eigenvalue weighted by molar-refractivity contribution is 0.0627. The minimum Gasteiger partial charge on any atom is -0.507 e. The average Bonchev–Trinajstić information content (AvgIpc) is 2.98. The van der Waals surface area contributed by atoms with Gasteiger partial charge in [-0.3, -0.25) is 9.78 Å². The number of hydrogen-bond donors (Lipinski definition) is 2. The second kappa shape index (κ2) is 11.6. The van der Waals surface area contributed by atoms with Crippen molar-refractivity contribution in [2.45, 2.75) is 18.4 Å². The number of carbonyl (C=O) groups is 1. The summed E-state index contributed by atoms with van der Waals surface area (Å²) in [7, 11) is 1.91. The van der Waals surface area contributed by atoms with Crippen LogP contribution in [-0.4, -0.2) is 83.5 Å². The van der Waals surface area contributed by atoms with Gasteiger partial charge < -0.3 is 34.1 Å². The number of benzene rings is 2. The molecular weight excluding hydrogens is 560 g/mol. The van der Waals surface area contributed by atoms with Crippen LogP contribution in [0.3, 0.4) is 0 Å². The molecule has 4 heterocycles. The number of aromatic nitrogens is 1. The lowest BCUT2D eigenvalue weighted by Crippen LogP contribution is -2.49. The van der Waals surface area contributed by atoms with Crippen molar-refractivity contribution in [1.29, 1.82) is 0 Å². The number of anilines is 1. The second-order valence-corrected chi connectivity index (χ2v) is 11.1. The van der Waals surface area contributed by atoms with Crippen LogP contribution in [0.15, 0.2) is 70.1 Å². The van der Waals surface area contributed by atoms with Crippen LogP contribution in [0.5, 0.6) is 11.5 Å². The number of amides is 1. The number of hydrogen-bond acceptors (Lipinski definition) is 9. The molecule has 2 atom stereocenters. The van der Waals surface area contributed by atoms with Crippen LogP contribution < -0.4 is 15.1 Å². The summed E-state index contributed by atoms with van der Waals surface area (Å²) < 4.78 is 12.2. The van der Waals surface area contributed by atoms with Crippen molar-refractivity contribution in [2.24, 2.45) is 0 Å². The van der Waals surface area contributed by atoms with Crippen molar-refractivity contribution < 1.29 is 24.2 Å². The predicted octanol–water partition coefficient (Wildman–Crippen LogP) is 4.32. The van der Waals surface area contributed by atoms with Crippen LogP contribution in [0.4, 0.5) is 10.5 Å². The Morgan fingerprint density at radius 2 is 1.81 bits per heavy atom. The SMILES string of the molecule is CN1CC[C@H](c2c(OC(=O)N3CCN(c4ccncc4)CC3)cc(O)c3c(=O)cc(-c4ccccc4Cl)oc23)[C@H](O)C1. The molecule has 0 radical (unpaired) electrons. The van der Waals surface area contributed by atoms with E-state index in [-0.39, 0.29) is 28.2 Å². The highest BCUT2D eigenvalue weighted by Gasteiger charge is 2.35. The molecule has 6 rings (SSSR count). The number of piperazine rings is 1. The molecule has 0 aliphatic carbocycles. The zero-order valence-corrected chi connectivity index (χ0v) is 23.8. The predicted molar refractivity (Wildman–Crippen MR) is 160 cm³/mol. The van der Waals surface area contributed by atoms with E-state index in [1.165, 1.54) is 12.1 Å². The summed E-state index contributed by atoms with van der Waals surface area (Å²) in [6.07, 6.45) is 2.57. The Labute approximate surface area is 247 Å². The molecule has 4 aromatic rings. The average molecular weight is 591 g/mol. The van der Waals surface area contributed by atoms with Gasteiger partial charge in [0.1, 0.15) is 28.2 Å². The van der Waals surface area contributed by atoms with E-state index < -0.39 is 23.5 Å². The molecule has 1 amide bonds. The molecule has 11 heteroatoms. The minimum absolute atomic E-state index is 0.0438. The van der Waals surface area contributed by atoms with Crippen molar-refractivity contribution in [3.8, 4) is 22.8 Å². The highest BCUT2D eigenvalue weighted by Crippen LogP contribution is 2.44. The van der Waals surface area contributed by atoms with Gasteiger partial charge in [0, 0.05) is 80.0 Å². The van der Waals surface area contributed by atoms with E-state index in [1.807, 2.05) is 24.1 Å². The molecule has 0 saturated carbocycles. The van der Waals surface area contributed by atoms with Gasteiger partial charge in [0.2, 0.25) is 0 Å². The number of nitrogens with zero attached hydrogens (tertiary/aromatic N) is 4. The molecule has 2 N–H and O–H groups in total. The van der Waals surface area contributed by atoms with Gasteiger partial charge in [-0.2, -0.15) is 0 Å². The van der Waals surface area contributed by atoms with Crippen molar-refractivity contribution in [3.05, 3.63) is 81.7 Å². The molecule has 0 unspecified atom stereocenters. The molecule has 2 aliphatic heterocycles. The molecule has 218 valence electrons. The first-order valence-corrected chi connectivity index (χ1v) is 14.2. The number of phenols is 1. The van der Waals surface area contributed by atoms with Crippen LogP contribution in [-0.2, 0) is 0 Å². The summed E-state index contributed by atoms with van der Waals surface area (Å²) in [6, 6.07) is 13.4. The number of fused-ring (bicyclic) bond motifs is 1. The number of β-amino-alcohol motifs (C(OH)–C–C–N with tert-alkyl or cyclic N) is 1. The maximum absolute atomic E-state index is 13.4. The van der Waals surface area contributed by atoms with E-state index >= 15 is 0 Å². The van der Waals surface area contributed by atoms with Crippen molar-refractivity contribution in [3.63, 3.8) is 0 Å². The summed E-state index contributed by atoms with van der Waals surface area (Å²) in [4.78, 5) is 36.6. The maximum atomic E-state index is 13.4. The smallest absolute Gasteiger partial charge is 0.415 e. The first-order chi connectivity index (χ1) is 20.3. The third-order valence-corrected chi connectivity index (χ3v) is 8.37. The number of pyridine rings is 1. The zero-order chi connectivity index (χ0) is 29.4. The molecular formula is C31H31ClN4O6. The monoisotopic (exact) mass is 590 g/mol. The van der Waals surface area contributed by atoms with E-state index in [0.29, 0.717) is 61.8 Å². The van der Waals surface area contributed by atoms with E-state index in [1.54, 1.807) is 41.6 Å². The Morgan fingerprint density at radius 1 is 1.07 bits per heavy atom. The standard InChI is InChI=1S/C31H31ClN4O6/c1-34-11-8-21(25(39)18-34)28-27(42-31(40)36-14-12-35(13-15-36)19-6-9-33-10-7-19)17-24(38)29-23(37)16-26(41-30(28)29)20-4-2-3-5-22(20)32/h2-7,9-10,16-17,21,25,38-39H,8,11-15,18H2,1H3/t21-,25+/m0/s1. The molecule has 0 bridgehead atoms. The van der Waals surface area contributed by atoms with Gasteiger partial charge in [-0.05, 0) is 44.3 Å². The van der Waals surface area contributed by atoms with E-state index in [9.17, 15) is 19.8 Å². The Hall–Kier alpha value is -4.12. The summed E-state index contributed by atoms with van der Waals surface area (Å²) in [6.45, 7) is 3.13. The minimum atomic E-state index is -0.827. The third kappa shape index (κ3) is 5.40. The molecule has 42 heavy (non-hydrogen) atoms. The lowest BCUT2D eigenvalue weighted by atomic mass is 9.85. The topological polar surface area (TPSA) is 120 Å². The van der Waals surface area contributed by atoms with Gasteiger partial charge in [0.25, 0.3) is 0 Å². The number of aliphatic hydroxyl groups is 1. The number of rotatable bonds is 4. The number of carbonyl (C=O) groups excluding carboxylic acids is 1. The van der Waals surface area contributed by atoms with Gasteiger partial charge in [-0.25, -0.2) is 4.79 Å². The zero-order valence-electron chi connectivity index (χ0n) is 23.1. The number of aromatic hydroxyl groups is 1. The lowest BCUT2D eigenvalue weighted by Gasteiger charge is -2.36. The van der Waals surface area contributed by atoms with E-state index in [0.717, 1.165) is 5.69 Å². The van der Waals surface area contributed by atoms with Crippen LogP contribution in [0, 0.1) is 0 Å². The van der Waals surface area contributed by atoms with Gasteiger partial charge in [0.05, 0.1) is 11.1 Å². The van der Waals surface area contributed by atoms with Gasteiger partial charge in [-0.1, -0.05) is 23.7 Å². The van der Waals surface area contributed by atoms with Gasteiger partial charge in [-0.15, -0.1) is 0 Å².